The zero-order valence-electron chi connectivity index (χ0n) is 8.53. The van der Waals surface area contributed by atoms with Crippen molar-refractivity contribution in [1.82, 2.24) is 9.97 Å². The van der Waals surface area contributed by atoms with Gasteiger partial charge in [-0.25, -0.2) is 9.97 Å². The maximum Gasteiger partial charge on any atom is 0.134 e. The summed E-state index contributed by atoms with van der Waals surface area (Å²) in [6.07, 6.45) is 1.40. The van der Waals surface area contributed by atoms with Crippen molar-refractivity contribution in [3.05, 3.63) is 17.5 Å². The highest BCUT2D eigenvalue weighted by Crippen LogP contribution is 2.14. The topological polar surface area (TPSA) is 49.2 Å². The maximum atomic E-state index is 9.60. The average Bonchev–Trinajstić information content (AvgIpc) is 2.01. The first kappa shape index (κ1) is 11.2. The quantitative estimate of drug-likeness (QED) is 0.774. The second-order valence-electron chi connectivity index (χ2n) is 3.87. The van der Waals surface area contributed by atoms with Crippen molar-refractivity contribution in [3.63, 3.8) is 0 Å². The number of aromatic nitrogens is 2. The van der Waals surface area contributed by atoms with Gasteiger partial charge in [-0.1, -0.05) is 11.6 Å². The second-order valence-corrected chi connectivity index (χ2v) is 4.25. The molecule has 0 amide bonds. The summed E-state index contributed by atoms with van der Waals surface area (Å²) in [4.78, 5) is 9.65. The van der Waals surface area contributed by atoms with Gasteiger partial charge < -0.3 is 10.0 Å². The van der Waals surface area contributed by atoms with E-state index in [0.717, 1.165) is 0 Å². The molecule has 0 unspecified atom stereocenters. The first-order chi connectivity index (χ1) is 6.38. The summed E-state index contributed by atoms with van der Waals surface area (Å²) in [6, 6.07) is 1.66. The number of likely N-dealkylation sites (N-methyl/N-ethyl adjacent to an activating group) is 1. The van der Waals surface area contributed by atoms with Gasteiger partial charge in [0.15, 0.2) is 0 Å². The Bertz CT molecular complexity index is 311. The van der Waals surface area contributed by atoms with Crippen LogP contribution in [0.4, 0.5) is 5.82 Å². The van der Waals surface area contributed by atoms with E-state index >= 15 is 0 Å². The zero-order valence-corrected chi connectivity index (χ0v) is 9.28. The Labute approximate surface area is 88.6 Å². The van der Waals surface area contributed by atoms with Crippen LogP contribution in [0.25, 0.3) is 0 Å². The van der Waals surface area contributed by atoms with Crippen LogP contribution in [-0.4, -0.2) is 34.3 Å². The zero-order chi connectivity index (χ0) is 10.8. The fourth-order valence-corrected chi connectivity index (χ4v) is 1.34. The molecule has 4 nitrogen and oxygen atoms in total. The average molecular weight is 216 g/mol. The first-order valence-corrected chi connectivity index (χ1v) is 4.67. The summed E-state index contributed by atoms with van der Waals surface area (Å²) in [7, 11) is 1.84. The number of nitrogens with zero attached hydrogens (tertiary/aromatic N) is 3. The number of anilines is 1. The number of hydrogen-bond donors (Lipinski definition) is 1. The lowest BCUT2D eigenvalue weighted by molar-refractivity contribution is 0.0884. The van der Waals surface area contributed by atoms with E-state index < -0.39 is 5.60 Å². The summed E-state index contributed by atoms with van der Waals surface area (Å²) >= 11 is 5.72. The van der Waals surface area contributed by atoms with E-state index in [-0.39, 0.29) is 0 Å². The van der Waals surface area contributed by atoms with Crippen LogP contribution in [0.15, 0.2) is 12.4 Å². The second kappa shape index (κ2) is 4.11. The number of aliphatic hydroxyl groups is 1. The van der Waals surface area contributed by atoms with Crippen LogP contribution in [0.2, 0.25) is 5.15 Å². The highest BCUT2D eigenvalue weighted by atomic mass is 35.5. The van der Waals surface area contributed by atoms with E-state index in [1.165, 1.54) is 6.33 Å². The molecule has 1 aromatic heterocycles. The number of rotatable bonds is 3. The van der Waals surface area contributed by atoms with Crippen LogP contribution in [0.3, 0.4) is 0 Å². The normalized spacial score (nSPS) is 11.5. The number of halogens is 1. The standard InChI is InChI=1S/C9H14ClN3O/c1-9(2,14)5-13(3)8-4-7(10)11-6-12-8/h4,6,14H,5H2,1-3H3. The molecule has 0 spiro atoms. The van der Waals surface area contributed by atoms with Crippen molar-refractivity contribution in [2.24, 2.45) is 0 Å². The van der Waals surface area contributed by atoms with Crippen molar-refractivity contribution >= 4 is 17.4 Å². The molecule has 14 heavy (non-hydrogen) atoms. The van der Waals surface area contributed by atoms with E-state index in [9.17, 15) is 5.11 Å². The Morgan fingerprint density at radius 3 is 2.64 bits per heavy atom. The van der Waals surface area contributed by atoms with Gasteiger partial charge in [0.25, 0.3) is 0 Å². The van der Waals surface area contributed by atoms with Gasteiger partial charge in [0.05, 0.1) is 5.60 Å². The van der Waals surface area contributed by atoms with Crippen molar-refractivity contribution < 1.29 is 5.11 Å². The first-order valence-electron chi connectivity index (χ1n) is 4.29. The molecule has 0 atom stereocenters. The van der Waals surface area contributed by atoms with Crippen molar-refractivity contribution in [2.45, 2.75) is 19.4 Å². The Morgan fingerprint density at radius 2 is 2.14 bits per heavy atom. The van der Waals surface area contributed by atoms with Gasteiger partial charge in [-0.15, -0.1) is 0 Å². The third-order valence-electron chi connectivity index (χ3n) is 1.63. The molecule has 0 fully saturated rings. The summed E-state index contributed by atoms with van der Waals surface area (Å²) in [6.45, 7) is 3.97. The molecule has 5 heteroatoms. The lowest BCUT2D eigenvalue weighted by atomic mass is 10.1. The molecule has 0 saturated heterocycles. The van der Waals surface area contributed by atoms with E-state index in [1.54, 1.807) is 19.9 Å². The van der Waals surface area contributed by atoms with E-state index in [1.807, 2.05) is 11.9 Å². The number of hydrogen-bond acceptors (Lipinski definition) is 4. The molecular formula is C9H14ClN3O. The predicted molar refractivity (Wildman–Crippen MR) is 56.6 cm³/mol. The van der Waals surface area contributed by atoms with Crippen LogP contribution in [0.1, 0.15) is 13.8 Å². The van der Waals surface area contributed by atoms with E-state index in [4.69, 9.17) is 11.6 Å². The molecule has 0 bridgehead atoms. The van der Waals surface area contributed by atoms with Crippen LogP contribution >= 0.6 is 11.6 Å². The smallest absolute Gasteiger partial charge is 0.134 e. The summed E-state index contributed by atoms with van der Waals surface area (Å²) in [5, 5.41) is 10.0. The lowest BCUT2D eigenvalue weighted by Gasteiger charge is -2.26. The van der Waals surface area contributed by atoms with Gasteiger partial charge in [0.2, 0.25) is 0 Å². The highest BCUT2D eigenvalue weighted by Gasteiger charge is 2.16. The molecule has 1 aromatic rings. The highest BCUT2D eigenvalue weighted by molar-refractivity contribution is 6.29. The molecule has 0 aromatic carbocycles. The van der Waals surface area contributed by atoms with Crippen LogP contribution < -0.4 is 4.90 Å². The van der Waals surface area contributed by atoms with E-state index in [2.05, 4.69) is 9.97 Å². The molecular weight excluding hydrogens is 202 g/mol. The minimum Gasteiger partial charge on any atom is -0.389 e. The Hall–Kier alpha value is -0.870. The van der Waals surface area contributed by atoms with Gasteiger partial charge in [-0.2, -0.15) is 0 Å². The lowest BCUT2D eigenvalue weighted by Crippen LogP contribution is -2.36. The van der Waals surface area contributed by atoms with Crippen LogP contribution in [0, 0.1) is 0 Å². The summed E-state index contributed by atoms with van der Waals surface area (Å²) < 4.78 is 0. The van der Waals surface area contributed by atoms with Crippen molar-refractivity contribution in [3.8, 4) is 0 Å². The molecule has 0 radical (unpaired) electrons. The summed E-state index contributed by atoms with van der Waals surface area (Å²) in [5.41, 5.74) is -0.758. The fraction of sp³-hybridized carbons (Fsp3) is 0.556. The third kappa shape index (κ3) is 3.47. The molecule has 1 N–H and O–H groups in total. The molecule has 0 saturated carbocycles. The predicted octanol–water partition coefficient (Wildman–Crippen LogP) is 1.34. The van der Waals surface area contributed by atoms with Gasteiger partial charge in [-0.05, 0) is 13.8 Å². The van der Waals surface area contributed by atoms with Crippen molar-refractivity contribution in [2.75, 3.05) is 18.5 Å². The van der Waals surface area contributed by atoms with Crippen molar-refractivity contribution in [1.29, 1.82) is 0 Å². The van der Waals surface area contributed by atoms with Crippen LogP contribution in [0.5, 0.6) is 0 Å². The Balaban J connectivity index is 2.74. The van der Waals surface area contributed by atoms with Gasteiger partial charge in [0.1, 0.15) is 17.3 Å². The Morgan fingerprint density at radius 1 is 1.50 bits per heavy atom. The minimum absolute atomic E-state index is 0.401. The third-order valence-corrected chi connectivity index (χ3v) is 1.84. The summed E-state index contributed by atoms with van der Waals surface area (Å²) in [5.74, 6) is 0.701. The molecule has 0 aliphatic rings. The molecule has 1 rings (SSSR count). The van der Waals surface area contributed by atoms with Gasteiger partial charge in [0, 0.05) is 19.7 Å². The van der Waals surface area contributed by atoms with E-state index in [0.29, 0.717) is 17.5 Å². The molecule has 78 valence electrons. The largest absolute Gasteiger partial charge is 0.389 e. The monoisotopic (exact) mass is 215 g/mol. The van der Waals surface area contributed by atoms with Gasteiger partial charge in [-0.3, -0.25) is 0 Å². The molecule has 1 heterocycles. The Kier molecular flexibility index (Phi) is 3.29. The SMILES string of the molecule is CN(CC(C)(C)O)c1cc(Cl)ncn1. The molecule has 0 aliphatic heterocycles. The van der Waals surface area contributed by atoms with Crippen LogP contribution in [-0.2, 0) is 0 Å². The fourth-order valence-electron chi connectivity index (χ4n) is 1.19. The minimum atomic E-state index is -0.758. The maximum absolute atomic E-state index is 9.60. The van der Waals surface area contributed by atoms with Gasteiger partial charge >= 0.3 is 0 Å². The molecule has 0 aliphatic carbocycles.